The molecule has 0 saturated carbocycles. The smallest absolute Gasteiger partial charge is 0.234 e. The van der Waals surface area contributed by atoms with E-state index in [-0.39, 0.29) is 11.7 Å². The first-order valence-electron chi connectivity index (χ1n) is 9.21. The molecule has 0 bridgehead atoms. The van der Waals surface area contributed by atoms with Crippen molar-refractivity contribution >= 4 is 34.7 Å². The van der Waals surface area contributed by atoms with Crippen molar-refractivity contribution in [3.8, 4) is 17.1 Å². The number of hydrogen-bond donors (Lipinski definition) is 1. The Bertz CT molecular complexity index is 996. The number of anilines is 1. The van der Waals surface area contributed by atoms with Crippen LogP contribution in [0.1, 0.15) is 23.3 Å². The number of rotatable bonds is 6. The minimum atomic E-state index is -0.0873. The van der Waals surface area contributed by atoms with Crippen molar-refractivity contribution in [2.45, 2.75) is 30.8 Å². The highest BCUT2D eigenvalue weighted by Crippen LogP contribution is 2.36. The number of aromatic nitrogens is 3. The fraction of sp³-hybridized carbons (Fsp3) is 0.350. The van der Waals surface area contributed by atoms with Crippen LogP contribution in [0.15, 0.2) is 34.8 Å². The fourth-order valence-corrected chi connectivity index (χ4v) is 5.22. The van der Waals surface area contributed by atoms with E-state index in [1.54, 1.807) is 13.2 Å². The second-order valence-corrected chi connectivity index (χ2v) is 8.60. The maximum atomic E-state index is 12.3. The van der Waals surface area contributed by atoms with E-state index in [0.29, 0.717) is 11.4 Å². The van der Waals surface area contributed by atoms with Crippen LogP contribution >= 0.6 is 23.1 Å². The predicted octanol–water partition coefficient (Wildman–Crippen LogP) is 4.16. The van der Waals surface area contributed by atoms with Gasteiger partial charge in [-0.05, 0) is 43.4 Å². The van der Waals surface area contributed by atoms with E-state index in [1.165, 1.54) is 47.0 Å². The van der Waals surface area contributed by atoms with Crippen molar-refractivity contribution in [3.63, 3.8) is 0 Å². The van der Waals surface area contributed by atoms with Crippen molar-refractivity contribution in [1.29, 1.82) is 0 Å². The van der Waals surface area contributed by atoms with Crippen molar-refractivity contribution in [1.82, 2.24) is 14.8 Å². The molecule has 2 heterocycles. The third-order valence-corrected chi connectivity index (χ3v) is 6.93. The fourth-order valence-electron chi connectivity index (χ4n) is 3.38. The maximum absolute atomic E-state index is 12.3. The van der Waals surface area contributed by atoms with Crippen LogP contribution in [0.4, 0.5) is 5.69 Å². The van der Waals surface area contributed by atoms with Gasteiger partial charge < -0.3 is 14.6 Å². The van der Waals surface area contributed by atoms with E-state index >= 15 is 0 Å². The average molecular weight is 415 g/mol. The monoisotopic (exact) mass is 414 g/mol. The summed E-state index contributed by atoms with van der Waals surface area (Å²) in [6, 6.07) is 7.32. The molecule has 1 amide bonds. The minimum absolute atomic E-state index is 0.0873. The lowest BCUT2D eigenvalue weighted by atomic mass is 9.96. The van der Waals surface area contributed by atoms with Gasteiger partial charge in [0.25, 0.3) is 0 Å². The molecule has 6 nitrogen and oxygen atoms in total. The zero-order chi connectivity index (χ0) is 19.5. The molecule has 0 fully saturated rings. The number of thioether (sulfide) groups is 1. The molecule has 146 valence electrons. The third kappa shape index (κ3) is 3.93. The second kappa shape index (κ2) is 8.36. The molecule has 2 aromatic heterocycles. The molecule has 8 heteroatoms. The van der Waals surface area contributed by atoms with E-state index in [1.807, 2.05) is 41.2 Å². The molecule has 1 aliphatic rings. The zero-order valence-electron chi connectivity index (χ0n) is 15.9. The number of benzene rings is 1. The zero-order valence-corrected chi connectivity index (χ0v) is 17.5. The third-order valence-electron chi connectivity index (χ3n) is 4.82. The average Bonchev–Trinajstić information content (AvgIpc) is 3.29. The molecule has 1 N–H and O–H groups in total. The molecule has 0 spiro atoms. The molecule has 0 atom stereocenters. The number of nitrogens with one attached hydrogen (secondary N) is 1. The van der Waals surface area contributed by atoms with Crippen LogP contribution in [0, 0.1) is 0 Å². The van der Waals surface area contributed by atoms with Crippen LogP contribution in [0.25, 0.3) is 11.4 Å². The van der Waals surface area contributed by atoms with E-state index in [9.17, 15) is 4.79 Å². The van der Waals surface area contributed by atoms with Crippen LogP contribution in [0.3, 0.4) is 0 Å². The first kappa shape index (κ1) is 19.0. The Hall–Kier alpha value is -2.32. The molecule has 0 radical (unpaired) electrons. The lowest BCUT2D eigenvalue weighted by molar-refractivity contribution is -0.113. The van der Waals surface area contributed by atoms with E-state index in [2.05, 4.69) is 20.9 Å². The lowest BCUT2D eigenvalue weighted by Gasteiger charge is -2.12. The largest absolute Gasteiger partial charge is 0.497 e. The van der Waals surface area contributed by atoms with Gasteiger partial charge in [-0.25, -0.2) is 0 Å². The van der Waals surface area contributed by atoms with Gasteiger partial charge in [0.15, 0.2) is 11.0 Å². The molecule has 0 unspecified atom stereocenters. The molecule has 28 heavy (non-hydrogen) atoms. The van der Waals surface area contributed by atoms with E-state index < -0.39 is 0 Å². The Morgan fingerprint density at radius 1 is 1.32 bits per heavy atom. The first-order valence-corrected chi connectivity index (χ1v) is 11.1. The van der Waals surface area contributed by atoms with Gasteiger partial charge in [-0.1, -0.05) is 17.8 Å². The Morgan fingerprint density at radius 2 is 2.18 bits per heavy atom. The van der Waals surface area contributed by atoms with Gasteiger partial charge in [0.05, 0.1) is 12.9 Å². The molecule has 0 saturated heterocycles. The highest BCUT2D eigenvalue weighted by Gasteiger charge is 2.21. The van der Waals surface area contributed by atoms with E-state index in [4.69, 9.17) is 4.74 Å². The van der Waals surface area contributed by atoms with Crippen LogP contribution in [-0.2, 0) is 24.7 Å². The minimum Gasteiger partial charge on any atom is -0.497 e. The van der Waals surface area contributed by atoms with Gasteiger partial charge in [0, 0.05) is 34.6 Å². The summed E-state index contributed by atoms with van der Waals surface area (Å²) < 4.78 is 7.17. The molecular weight excluding hydrogens is 392 g/mol. The Balaban J connectivity index is 1.42. The van der Waals surface area contributed by atoms with Crippen molar-refractivity contribution in [3.05, 3.63) is 40.1 Å². The van der Waals surface area contributed by atoms with Crippen LogP contribution < -0.4 is 10.1 Å². The summed E-state index contributed by atoms with van der Waals surface area (Å²) in [6.45, 7) is 0. The normalized spacial score (nSPS) is 13.2. The molecule has 4 rings (SSSR count). The number of hydrogen-bond acceptors (Lipinski definition) is 6. The number of ether oxygens (including phenoxy) is 1. The maximum Gasteiger partial charge on any atom is 0.234 e. The summed E-state index contributed by atoms with van der Waals surface area (Å²) >= 11 is 3.21. The predicted molar refractivity (Wildman–Crippen MR) is 113 cm³/mol. The lowest BCUT2D eigenvalue weighted by Crippen LogP contribution is -2.14. The second-order valence-electron chi connectivity index (χ2n) is 6.69. The summed E-state index contributed by atoms with van der Waals surface area (Å²) in [4.78, 5) is 13.8. The standard InChI is InChI=1S/C20H22N4O2S2/c1-24-19(16-11-27-17-9-4-3-8-15(16)17)22-23-20(24)28-12-18(25)21-13-6-5-7-14(10-13)26-2/h5-7,10-11H,3-4,8-9,12H2,1-2H3,(H,21,25). The molecule has 3 aromatic rings. The summed E-state index contributed by atoms with van der Waals surface area (Å²) in [5.74, 6) is 1.78. The SMILES string of the molecule is COc1cccc(NC(=O)CSc2nnc(-c3csc4c3CCCC4)n2C)c1. The molecule has 0 aliphatic heterocycles. The number of nitrogens with zero attached hydrogens (tertiary/aromatic N) is 3. The van der Waals surface area contributed by atoms with Gasteiger partial charge in [-0.2, -0.15) is 0 Å². The number of thiophene rings is 1. The number of aryl methyl sites for hydroxylation is 1. The van der Waals surface area contributed by atoms with Gasteiger partial charge in [0.2, 0.25) is 5.91 Å². The first-order chi connectivity index (χ1) is 13.7. The summed E-state index contributed by atoms with van der Waals surface area (Å²) in [5.41, 5.74) is 3.34. The number of carbonyl (C=O) groups excluding carboxylic acids is 1. The van der Waals surface area contributed by atoms with Crippen molar-refractivity contribution in [2.24, 2.45) is 7.05 Å². The van der Waals surface area contributed by atoms with Crippen LogP contribution in [0.5, 0.6) is 5.75 Å². The van der Waals surface area contributed by atoms with Crippen LogP contribution in [-0.4, -0.2) is 33.5 Å². The topological polar surface area (TPSA) is 69.0 Å². The van der Waals surface area contributed by atoms with E-state index in [0.717, 1.165) is 17.4 Å². The van der Waals surface area contributed by atoms with Crippen LogP contribution in [0.2, 0.25) is 0 Å². The number of amides is 1. The summed E-state index contributed by atoms with van der Waals surface area (Å²) in [7, 11) is 3.57. The molecular formula is C20H22N4O2S2. The van der Waals surface area contributed by atoms with Gasteiger partial charge in [-0.15, -0.1) is 21.5 Å². The van der Waals surface area contributed by atoms with Crippen molar-refractivity contribution in [2.75, 3.05) is 18.2 Å². The summed E-state index contributed by atoms with van der Waals surface area (Å²) in [6.07, 6.45) is 4.80. The number of fused-ring (bicyclic) bond motifs is 1. The van der Waals surface area contributed by atoms with Crippen molar-refractivity contribution < 1.29 is 9.53 Å². The Morgan fingerprint density at radius 3 is 3.04 bits per heavy atom. The number of carbonyl (C=O) groups is 1. The molecule has 1 aliphatic carbocycles. The highest BCUT2D eigenvalue weighted by molar-refractivity contribution is 7.99. The van der Waals surface area contributed by atoms with Gasteiger partial charge in [-0.3, -0.25) is 4.79 Å². The number of methoxy groups -OCH3 is 1. The summed E-state index contributed by atoms with van der Waals surface area (Å²) in [5, 5.41) is 14.5. The van der Waals surface area contributed by atoms with Gasteiger partial charge in [0.1, 0.15) is 5.75 Å². The molecule has 1 aromatic carbocycles. The van der Waals surface area contributed by atoms with Gasteiger partial charge >= 0.3 is 0 Å². The highest BCUT2D eigenvalue weighted by atomic mass is 32.2. The Labute approximate surface area is 172 Å². The quantitative estimate of drug-likeness (QED) is 0.614. The Kier molecular flexibility index (Phi) is 5.68.